The highest BCUT2D eigenvalue weighted by atomic mass is 16.8. The molecule has 1 aromatic rings. The Morgan fingerprint density at radius 1 is 1.22 bits per heavy atom. The van der Waals surface area contributed by atoms with Crippen LogP contribution in [0.2, 0.25) is 0 Å². The van der Waals surface area contributed by atoms with E-state index >= 15 is 0 Å². The van der Waals surface area contributed by atoms with E-state index < -0.39 is 17.4 Å². The van der Waals surface area contributed by atoms with Gasteiger partial charge < -0.3 is 24.7 Å². The van der Waals surface area contributed by atoms with Gasteiger partial charge in [0, 0.05) is 19.8 Å². The molecule has 3 rings (SSSR count). The fourth-order valence-electron chi connectivity index (χ4n) is 3.62. The van der Waals surface area contributed by atoms with E-state index in [1.54, 1.807) is 6.92 Å². The Balaban J connectivity index is 1.89. The second-order valence-corrected chi connectivity index (χ2v) is 7.29. The maximum absolute atomic E-state index is 11.2. The van der Waals surface area contributed by atoms with E-state index in [1.807, 2.05) is 57.1 Å². The van der Waals surface area contributed by atoms with Gasteiger partial charge in [-0.25, -0.2) is 0 Å². The molecule has 2 fully saturated rings. The van der Waals surface area contributed by atoms with Crippen LogP contribution < -0.4 is 4.90 Å². The monoisotopic (exact) mass is 322 g/mol. The van der Waals surface area contributed by atoms with Crippen LogP contribution in [0, 0.1) is 0 Å². The number of aliphatic hydroxyl groups is 1. The molecule has 2 aliphatic heterocycles. The van der Waals surface area contributed by atoms with Crippen molar-refractivity contribution in [3.8, 4) is 0 Å². The lowest BCUT2D eigenvalue weighted by Crippen LogP contribution is -2.51. The fraction of sp³-hybridized carbons (Fsp3) is 0.647. The van der Waals surface area contributed by atoms with Gasteiger partial charge in [-0.2, -0.15) is 5.06 Å². The van der Waals surface area contributed by atoms with Crippen LogP contribution in [-0.4, -0.2) is 60.1 Å². The molecule has 2 heterocycles. The number of hydrogen-bond donors (Lipinski definition) is 2. The summed E-state index contributed by atoms with van der Waals surface area (Å²) < 4.78 is 11.7. The van der Waals surface area contributed by atoms with E-state index in [-0.39, 0.29) is 12.2 Å². The number of ether oxygens (including phenoxy) is 2. The number of fused-ring (bicyclic) bond motifs is 1. The van der Waals surface area contributed by atoms with Crippen LogP contribution in [0.1, 0.15) is 26.3 Å². The number of benzene rings is 1. The SMILES string of the molecule is CN(C)c1ccc([C@](C)(O)[C@H]2[C@@H]3OC(C)(C)O[C@@H]3CN2O)cc1. The Labute approximate surface area is 137 Å². The van der Waals surface area contributed by atoms with Gasteiger partial charge in [0.05, 0.1) is 12.6 Å². The third-order valence-electron chi connectivity index (χ3n) is 4.76. The van der Waals surface area contributed by atoms with Crippen molar-refractivity contribution < 1.29 is 19.8 Å². The van der Waals surface area contributed by atoms with Gasteiger partial charge in [-0.1, -0.05) is 12.1 Å². The van der Waals surface area contributed by atoms with Crippen LogP contribution in [0.5, 0.6) is 0 Å². The average molecular weight is 322 g/mol. The lowest BCUT2D eigenvalue weighted by molar-refractivity contribution is -0.226. The summed E-state index contributed by atoms with van der Waals surface area (Å²) >= 11 is 0. The molecule has 23 heavy (non-hydrogen) atoms. The molecule has 0 amide bonds. The van der Waals surface area contributed by atoms with Crippen molar-refractivity contribution in [3.63, 3.8) is 0 Å². The molecule has 128 valence electrons. The molecule has 2 N–H and O–H groups in total. The minimum absolute atomic E-state index is 0.243. The van der Waals surface area contributed by atoms with Crippen LogP contribution in [0.3, 0.4) is 0 Å². The minimum Gasteiger partial charge on any atom is -0.384 e. The van der Waals surface area contributed by atoms with Crippen molar-refractivity contribution in [1.82, 2.24) is 5.06 Å². The summed E-state index contributed by atoms with van der Waals surface area (Å²) in [6.07, 6.45) is -0.619. The molecular weight excluding hydrogens is 296 g/mol. The maximum atomic E-state index is 11.2. The van der Waals surface area contributed by atoms with Gasteiger partial charge in [0.15, 0.2) is 5.79 Å². The summed E-state index contributed by atoms with van der Waals surface area (Å²) in [7, 11) is 3.94. The summed E-state index contributed by atoms with van der Waals surface area (Å²) in [6.45, 7) is 5.74. The second-order valence-electron chi connectivity index (χ2n) is 7.29. The van der Waals surface area contributed by atoms with Crippen LogP contribution >= 0.6 is 0 Å². The van der Waals surface area contributed by atoms with Crippen molar-refractivity contribution in [2.24, 2.45) is 0 Å². The Morgan fingerprint density at radius 3 is 2.39 bits per heavy atom. The topological polar surface area (TPSA) is 65.4 Å². The van der Waals surface area contributed by atoms with Crippen LogP contribution in [0.25, 0.3) is 0 Å². The first kappa shape index (κ1) is 16.7. The van der Waals surface area contributed by atoms with Crippen LogP contribution in [0.4, 0.5) is 5.69 Å². The highest BCUT2D eigenvalue weighted by Gasteiger charge is 2.58. The van der Waals surface area contributed by atoms with Crippen LogP contribution in [0.15, 0.2) is 24.3 Å². The molecule has 0 saturated carbocycles. The Kier molecular flexibility index (Phi) is 3.93. The third kappa shape index (κ3) is 2.86. The average Bonchev–Trinajstić information content (AvgIpc) is 2.88. The number of rotatable bonds is 3. The first-order chi connectivity index (χ1) is 10.6. The second kappa shape index (κ2) is 5.43. The molecule has 2 aliphatic rings. The molecule has 0 bridgehead atoms. The van der Waals surface area contributed by atoms with Gasteiger partial charge in [-0.3, -0.25) is 0 Å². The molecule has 6 nitrogen and oxygen atoms in total. The quantitative estimate of drug-likeness (QED) is 0.880. The van der Waals surface area contributed by atoms with E-state index in [2.05, 4.69) is 0 Å². The fourth-order valence-corrected chi connectivity index (χ4v) is 3.62. The molecule has 2 saturated heterocycles. The highest BCUT2D eigenvalue weighted by molar-refractivity contribution is 5.47. The Hall–Kier alpha value is -1.18. The predicted molar refractivity (Wildman–Crippen MR) is 86.4 cm³/mol. The molecule has 1 aromatic carbocycles. The van der Waals surface area contributed by atoms with E-state index in [0.29, 0.717) is 6.54 Å². The zero-order valence-electron chi connectivity index (χ0n) is 14.4. The minimum atomic E-state index is -1.26. The molecule has 0 spiro atoms. The largest absolute Gasteiger partial charge is 0.384 e. The van der Waals surface area contributed by atoms with Crippen molar-refractivity contribution >= 4 is 5.69 Å². The summed E-state index contributed by atoms with van der Waals surface area (Å²) in [6, 6.07) is 7.09. The number of anilines is 1. The van der Waals surface area contributed by atoms with Gasteiger partial charge in [0.2, 0.25) is 0 Å². The summed E-state index contributed by atoms with van der Waals surface area (Å²) in [5.41, 5.74) is 0.528. The molecule has 0 unspecified atom stereocenters. The summed E-state index contributed by atoms with van der Waals surface area (Å²) in [5.74, 6) is -0.695. The molecule has 4 atom stereocenters. The van der Waals surface area contributed by atoms with Crippen molar-refractivity contribution in [1.29, 1.82) is 0 Å². The Bertz CT molecular complexity index is 570. The zero-order chi connectivity index (χ0) is 17.0. The van der Waals surface area contributed by atoms with E-state index in [0.717, 1.165) is 16.3 Å². The van der Waals surface area contributed by atoms with Gasteiger partial charge >= 0.3 is 0 Å². The van der Waals surface area contributed by atoms with Crippen molar-refractivity contribution in [3.05, 3.63) is 29.8 Å². The first-order valence-corrected chi connectivity index (χ1v) is 7.93. The van der Waals surface area contributed by atoms with Gasteiger partial charge in [-0.05, 0) is 38.5 Å². The molecular formula is C17H26N2O4. The molecule has 6 heteroatoms. The number of hydroxylamine groups is 2. The summed E-state index contributed by atoms with van der Waals surface area (Å²) in [4.78, 5) is 2.00. The maximum Gasteiger partial charge on any atom is 0.163 e. The highest BCUT2D eigenvalue weighted by Crippen LogP contribution is 2.42. The normalized spacial score (nSPS) is 32.6. The Morgan fingerprint density at radius 2 is 1.83 bits per heavy atom. The number of nitrogens with zero attached hydrogens (tertiary/aromatic N) is 2. The van der Waals surface area contributed by atoms with E-state index in [4.69, 9.17) is 9.47 Å². The standard InChI is InChI=1S/C17H26N2O4/c1-16(2)22-13-10-19(21)15(14(13)23-16)17(3,20)11-6-8-12(9-7-11)18(4)5/h6-9,13-15,20-21H,10H2,1-5H3/t13-,14-,15-,17+/m1/s1. The molecule has 0 radical (unpaired) electrons. The molecule has 0 aromatic heterocycles. The van der Waals surface area contributed by atoms with Crippen molar-refractivity contribution in [2.75, 3.05) is 25.5 Å². The first-order valence-electron chi connectivity index (χ1n) is 7.93. The van der Waals surface area contributed by atoms with Gasteiger partial charge in [0.1, 0.15) is 17.8 Å². The van der Waals surface area contributed by atoms with Gasteiger partial charge in [-0.15, -0.1) is 0 Å². The van der Waals surface area contributed by atoms with Crippen LogP contribution in [-0.2, 0) is 15.1 Å². The van der Waals surface area contributed by atoms with E-state index in [9.17, 15) is 10.3 Å². The smallest absolute Gasteiger partial charge is 0.163 e. The molecule has 0 aliphatic carbocycles. The van der Waals surface area contributed by atoms with Crippen molar-refractivity contribution in [2.45, 2.75) is 50.4 Å². The number of hydrogen-bond acceptors (Lipinski definition) is 6. The summed E-state index contributed by atoms with van der Waals surface area (Å²) in [5, 5.41) is 22.6. The third-order valence-corrected chi connectivity index (χ3v) is 4.76. The zero-order valence-corrected chi connectivity index (χ0v) is 14.4. The van der Waals surface area contributed by atoms with E-state index in [1.165, 1.54) is 0 Å². The van der Waals surface area contributed by atoms with Gasteiger partial charge in [0.25, 0.3) is 0 Å². The predicted octanol–water partition coefficient (Wildman–Crippen LogP) is 1.55. The lowest BCUT2D eigenvalue weighted by atomic mass is 9.85. The lowest BCUT2D eigenvalue weighted by Gasteiger charge is -2.37.